The predicted octanol–water partition coefficient (Wildman–Crippen LogP) is 1.98. The Balaban J connectivity index is 0.000000187. The number of hydrogen-bond donors (Lipinski definition) is 1. The maximum absolute atomic E-state index is 5.38. The summed E-state index contributed by atoms with van der Waals surface area (Å²) in [5.74, 6) is 0. The molecular weight excluding hydrogens is 369 g/mol. The minimum Gasteiger partial charge on any atom is -0.328 e. The first-order valence-corrected chi connectivity index (χ1v) is 6.60. The SMILES string of the molecule is CC(C)n1ccn(C)[c]1=[Pt].NC1CCC1. The van der Waals surface area contributed by atoms with Crippen LogP contribution in [0.5, 0.6) is 0 Å². The molecule has 1 saturated carbocycles. The van der Waals surface area contributed by atoms with Gasteiger partial charge in [0.2, 0.25) is 0 Å². The van der Waals surface area contributed by atoms with E-state index in [1.807, 2.05) is 0 Å². The van der Waals surface area contributed by atoms with Crippen molar-refractivity contribution in [2.24, 2.45) is 12.8 Å². The zero-order valence-corrected chi connectivity index (χ0v) is 12.0. The quantitative estimate of drug-likeness (QED) is 0.782. The molecule has 0 spiro atoms. The fraction of sp³-hybridized carbons (Fsp3) is 0.727. The van der Waals surface area contributed by atoms with Crippen LogP contribution in [0, 0.1) is 3.80 Å². The maximum Gasteiger partial charge on any atom is 0.00388 e. The van der Waals surface area contributed by atoms with Gasteiger partial charge in [0.1, 0.15) is 0 Å². The van der Waals surface area contributed by atoms with Crippen LogP contribution in [0.15, 0.2) is 12.4 Å². The zero-order valence-electron chi connectivity index (χ0n) is 9.72. The van der Waals surface area contributed by atoms with Crippen LogP contribution in [0.2, 0.25) is 0 Å². The van der Waals surface area contributed by atoms with Crippen molar-refractivity contribution in [1.29, 1.82) is 0 Å². The topological polar surface area (TPSA) is 35.9 Å². The van der Waals surface area contributed by atoms with Gasteiger partial charge in [0, 0.05) is 6.04 Å². The van der Waals surface area contributed by atoms with E-state index in [4.69, 9.17) is 5.73 Å². The summed E-state index contributed by atoms with van der Waals surface area (Å²) in [6.07, 6.45) is 8.07. The normalized spacial score (nSPS) is 15.9. The second-order valence-corrected chi connectivity index (χ2v) is 5.36. The third-order valence-electron chi connectivity index (χ3n) is 2.62. The molecule has 1 aromatic rings. The van der Waals surface area contributed by atoms with Gasteiger partial charge in [-0.2, -0.15) is 0 Å². The van der Waals surface area contributed by atoms with Gasteiger partial charge in [0.25, 0.3) is 0 Å². The molecule has 90 valence electrons. The van der Waals surface area contributed by atoms with Crippen molar-refractivity contribution in [2.75, 3.05) is 0 Å². The number of aromatic nitrogens is 2. The van der Waals surface area contributed by atoms with E-state index in [9.17, 15) is 0 Å². The number of rotatable bonds is 1. The summed E-state index contributed by atoms with van der Waals surface area (Å²) < 4.78 is 5.62. The van der Waals surface area contributed by atoms with Crippen LogP contribution < -0.4 is 5.73 Å². The molecule has 2 N–H and O–H groups in total. The van der Waals surface area contributed by atoms with Crippen LogP contribution in [0.4, 0.5) is 0 Å². The largest absolute Gasteiger partial charge is 0.328 e. The van der Waals surface area contributed by atoms with E-state index < -0.39 is 0 Å². The summed E-state index contributed by atoms with van der Waals surface area (Å²) in [7, 11) is 2.06. The van der Waals surface area contributed by atoms with Gasteiger partial charge in [-0.3, -0.25) is 0 Å². The molecule has 0 amide bonds. The summed E-state index contributed by atoms with van der Waals surface area (Å²) in [6, 6.07) is 1.13. The van der Waals surface area contributed by atoms with Gasteiger partial charge >= 0.3 is 71.6 Å². The second-order valence-electron chi connectivity index (χ2n) is 4.34. The molecule has 0 atom stereocenters. The van der Waals surface area contributed by atoms with Gasteiger partial charge in [-0.1, -0.05) is 6.42 Å². The van der Waals surface area contributed by atoms with Crippen molar-refractivity contribution < 1.29 is 19.4 Å². The summed E-state index contributed by atoms with van der Waals surface area (Å²) in [4.78, 5) is 0. The van der Waals surface area contributed by atoms with Crippen LogP contribution in [0.3, 0.4) is 0 Å². The minimum atomic E-state index is 0.564. The third-order valence-corrected chi connectivity index (χ3v) is 4.01. The van der Waals surface area contributed by atoms with E-state index >= 15 is 0 Å². The monoisotopic (exact) mass is 390 g/mol. The first-order chi connectivity index (χ1) is 7.02. The van der Waals surface area contributed by atoms with E-state index in [1.54, 1.807) is 0 Å². The Morgan fingerprint density at radius 3 is 2.07 bits per heavy atom. The van der Waals surface area contributed by atoms with Crippen LogP contribution in [-0.2, 0) is 26.4 Å². The average Bonchev–Trinajstić information content (AvgIpc) is 2.45. The number of hydrogen-bond acceptors (Lipinski definition) is 1. The molecule has 0 unspecified atom stereocenters. The number of imidazole rings is 1. The standard InChI is InChI=1S/C7H12N2.C4H9N.Pt/c1-7(2)9-5-4-8(3)6-9;5-4-2-1-3-4;/h4-5,7H,1-3H3;4H,1-3,5H2;. The molecule has 0 saturated heterocycles. The van der Waals surface area contributed by atoms with Crippen molar-refractivity contribution in [3.05, 3.63) is 16.2 Å². The Labute approximate surface area is 103 Å². The van der Waals surface area contributed by atoms with E-state index in [-0.39, 0.29) is 0 Å². The zero-order chi connectivity index (χ0) is 11.4. The van der Waals surface area contributed by atoms with Crippen molar-refractivity contribution in [1.82, 2.24) is 9.13 Å². The van der Waals surface area contributed by atoms with Crippen molar-refractivity contribution >= 4 is 0 Å². The van der Waals surface area contributed by atoms with Gasteiger partial charge in [-0.05, 0) is 12.8 Å². The molecule has 1 fully saturated rings. The maximum atomic E-state index is 5.38. The predicted molar refractivity (Wildman–Crippen MR) is 58.9 cm³/mol. The van der Waals surface area contributed by atoms with Gasteiger partial charge in [-0.15, -0.1) is 0 Å². The summed E-state index contributed by atoms with van der Waals surface area (Å²) in [5.41, 5.74) is 5.38. The summed E-state index contributed by atoms with van der Waals surface area (Å²) in [5, 5.41) is 0. The first-order valence-electron chi connectivity index (χ1n) is 5.47. The Morgan fingerprint density at radius 1 is 1.40 bits per heavy atom. The van der Waals surface area contributed by atoms with Crippen LogP contribution in [0.25, 0.3) is 0 Å². The Hall–Kier alpha value is -0.142. The molecule has 1 heterocycles. The fourth-order valence-corrected chi connectivity index (χ4v) is 2.20. The van der Waals surface area contributed by atoms with E-state index in [0.717, 1.165) is 0 Å². The molecule has 0 aliphatic heterocycles. The number of nitrogens with two attached hydrogens (primary N) is 1. The van der Waals surface area contributed by atoms with Gasteiger partial charge in [-0.25, -0.2) is 0 Å². The number of aryl methyl sites for hydroxylation is 1. The van der Waals surface area contributed by atoms with Gasteiger partial charge < -0.3 is 5.73 Å². The molecular formula is C11H21N3Pt. The molecule has 3 nitrogen and oxygen atoms in total. The van der Waals surface area contributed by atoms with Gasteiger partial charge in [0.05, 0.1) is 0 Å². The summed E-state index contributed by atoms with van der Waals surface area (Å²) in [6.45, 7) is 4.37. The van der Waals surface area contributed by atoms with E-state index in [1.165, 1.54) is 23.1 Å². The second kappa shape index (κ2) is 5.81. The molecule has 4 heteroatoms. The molecule has 0 aromatic carbocycles. The van der Waals surface area contributed by atoms with Crippen LogP contribution in [-0.4, -0.2) is 15.2 Å². The molecule has 0 radical (unpaired) electrons. The molecule has 0 bridgehead atoms. The third kappa shape index (κ3) is 3.73. The smallest absolute Gasteiger partial charge is 0.00388 e. The van der Waals surface area contributed by atoms with E-state index in [2.05, 4.69) is 61.8 Å². The number of nitrogens with zero attached hydrogens (tertiary/aromatic N) is 2. The molecule has 1 aliphatic rings. The van der Waals surface area contributed by atoms with E-state index in [0.29, 0.717) is 12.1 Å². The molecule has 2 rings (SSSR count). The Morgan fingerprint density at radius 2 is 1.93 bits per heavy atom. The van der Waals surface area contributed by atoms with Gasteiger partial charge in [0.15, 0.2) is 0 Å². The average molecular weight is 390 g/mol. The molecule has 15 heavy (non-hydrogen) atoms. The van der Waals surface area contributed by atoms with Crippen LogP contribution >= 0.6 is 0 Å². The van der Waals surface area contributed by atoms with Crippen molar-refractivity contribution in [3.63, 3.8) is 0 Å². The molecule has 1 aromatic heterocycles. The summed E-state index contributed by atoms with van der Waals surface area (Å²) >= 11 is 2.33. The first kappa shape index (κ1) is 12.9. The van der Waals surface area contributed by atoms with Crippen LogP contribution in [0.1, 0.15) is 39.2 Å². The Bertz CT molecular complexity index is 347. The molecule has 1 aliphatic carbocycles. The van der Waals surface area contributed by atoms with Crippen molar-refractivity contribution in [3.8, 4) is 0 Å². The fourth-order valence-electron chi connectivity index (χ4n) is 1.28. The Kier molecular flexibility index (Phi) is 5.01. The van der Waals surface area contributed by atoms with Crippen molar-refractivity contribution in [2.45, 2.75) is 45.2 Å². The minimum absolute atomic E-state index is 0.564.